The summed E-state index contributed by atoms with van der Waals surface area (Å²) in [7, 11) is 0. The molecule has 0 fully saturated rings. The maximum absolute atomic E-state index is 12.9. The molecule has 0 saturated carbocycles. The van der Waals surface area contributed by atoms with Gasteiger partial charge in [0.15, 0.2) is 0 Å². The van der Waals surface area contributed by atoms with E-state index in [9.17, 15) is 9.18 Å². The van der Waals surface area contributed by atoms with Crippen LogP contribution < -0.4 is 5.43 Å². The van der Waals surface area contributed by atoms with E-state index in [1.54, 1.807) is 18.2 Å². The Morgan fingerprint density at radius 2 is 1.89 bits per heavy atom. The molecule has 0 radical (unpaired) electrons. The standard InChI is InChI=1S/C21H21FN4O/c1-14(2)11-15-3-7-17(8-4-15)19-12-20(25-24-19)21(27)26-23-13-16-5-9-18(22)10-6-16/h3-10,12-14H,11H2,1-2H3,(H,24,25)(H,26,27)/b23-13-. The first kappa shape index (κ1) is 18.5. The third-order valence-electron chi connectivity index (χ3n) is 3.97. The van der Waals surface area contributed by atoms with Gasteiger partial charge in [-0.1, -0.05) is 50.2 Å². The van der Waals surface area contributed by atoms with Crippen LogP contribution in [0, 0.1) is 11.7 Å². The van der Waals surface area contributed by atoms with Gasteiger partial charge in [-0.2, -0.15) is 10.2 Å². The third-order valence-corrected chi connectivity index (χ3v) is 3.97. The number of halogens is 1. The lowest BCUT2D eigenvalue weighted by atomic mass is 10.0. The highest BCUT2D eigenvalue weighted by molar-refractivity contribution is 5.94. The molecule has 1 amide bonds. The van der Waals surface area contributed by atoms with E-state index in [0.29, 0.717) is 22.9 Å². The van der Waals surface area contributed by atoms with Gasteiger partial charge in [0, 0.05) is 5.56 Å². The summed E-state index contributed by atoms with van der Waals surface area (Å²) in [6.07, 6.45) is 2.47. The topological polar surface area (TPSA) is 70.1 Å². The first-order valence-corrected chi connectivity index (χ1v) is 8.75. The molecule has 2 N–H and O–H groups in total. The molecule has 0 aliphatic heterocycles. The minimum absolute atomic E-state index is 0.313. The fraction of sp³-hybridized carbons (Fsp3) is 0.190. The number of H-pyrrole nitrogens is 1. The molecule has 27 heavy (non-hydrogen) atoms. The van der Waals surface area contributed by atoms with E-state index >= 15 is 0 Å². The largest absolute Gasteiger partial charge is 0.289 e. The smallest absolute Gasteiger partial charge is 0.272 e. The second-order valence-corrected chi connectivity index (χ2v) is 6.71. The zero-order valence-electron chi connectivity index (χ0n) is 15.2. The average Bonchev–Trinajstić information content (AvgIpc) is 3.14. The SMILES string of the molecule is CC(C)Cc1ccc(-c2cc(C(=O)N/N=C\c3ccc(F)cc3)[nH]n2)cc1. The van der Waals surface area contributed by atoms with Gasteiger partial charge in [0.1, 0.15) is 11.5 Å². The fourth-order valence-electron chi connectivity index (χ4n) is 2.64. The normalized spacial score (nSPS) is 11.3. The number of nitrogens with one attached hydrogen (secondary N) is 2. The lowest BCUT2D eigenvalue weighted by Gasteiger charge is -2.05. The molecule has 0 bridgehead atoms. The van der Waals surface area contributed by atoms with Crippen LogP contribution in [0.1, 0.15) is 35.5 Å². The van der Waals surface area contributed by atoms with Crippen molar-refractivity contribution in [3.8, 4) is 11.3 Å². The minimum atomic E-state index is -0.400. The molecule has 0 atom stereocenters. The Hall–Kier alpha value is -3.28. The maximum atomic E-state index is 12.9. The molecule has 6 heteroatoms. The van der Waals surface area contributed by atoms with Crippen molar-refractivity contribution >= 4 is 12.1 Å². The molecule has 1 aromatic heterocycles. The predicted molar refractivity (Wildman–Crippen MR) is 104 cm³/mol. The van der Waals surface area contributed by atoms with E-state index in [1.807, 2.05) is 12.1 Å². The number of aromatic nitrogens is 2. The summed E-state index contributed by atoms with van der Waals surface area (Å²) in [4.78, 5) is 12.2. The first-order chi connectivity index (χ1) is 13.0. The predicted octanol–water partition coefficient (Wildman–Crippen LogP) is 4.18. The van der Waals surface area contributed by atoms with Crippen molar-refractivity contribution in [2.45, 2.75) is 20.3 Å². The van der Waals surface area contributed by atoms with E-state index in [-0.39, 0.29) is 5.82 Å². The van der Waals surface area contributed by atoms with Crippen LogP contribution in [0.5, 0.6) is 0 Å². The molecule has 5 nitrogen and oxygen atoms in total. The van der Waals surface area contributed by atoms with Crippen molar-refractivity contribution in [2.24, 2.45) is 11.0 Å². The Morgan fingerprint density at radius 3 is 2.56 bits per heavy atom. The number of hydrazone groups is 1. The second-order valence-electron chi connectivity index (χ2n) is 6.71. The zero-order valence-corrected chi connectivity index (χ0v) is 15.2. The van der Waals surface area contributed by atoms with Gasteiger partial charge in [0.2, 0.25) is 0 Å². The van der Waals surface area contributed by atoms with Crippen molar-refractivity contribution in [1.29, 1.82) is 0 Å². The molecule has 0 aliphatic rings. The van der Waals surface area contributed by atoms with Crippen molar-refractivity contribution < 1.29 is 9.18 Å². The second kappa shape index (κ2) is 8.40. The van der Waals surface area contributed by atoms with Gasteiger partial charge in [-0.05, 0) is 41.7 Å². The molecule has 1 heterocycles. The van der Waals surface area contributed by atoms with E-state index in [0.717, 1.165) is 12.0 Å². The summed E-state index contributed by atoms with van der Waals surface area (Å²) in [5.74, 6) is -0.117. The van der Waals surface area contributed by atoms with Crippen molar-refractivity contribution in [2.75, 3.05) is 0 Å². The molecule has 2 aromatic carbocycles. The van der Waals surface area contributed by atoms with Gasteiger partial charge in [0.05, 0.1) is 11.9 Å². The van der Waals surface area contributed by atoms with Crippen molar-refractivity contribution in [3.63, 3.8) is 0 Å². The molecule has 3 aromatic rings. The summed E-state index contributed by atoms with van der Waals surface area (Å²) in [6.45, 7) is 4.37. The summed E-state index contributed by atoms with van der Waals surface area (Å²) in [5, 5.41) is 10.8. The molecular weight excluding hydrogens is 343 g/mol. The summed E-state index contributed by atoms with van der Waals surface area (Å²) < 4.78 is 12.9. The van der Waals surface area contributed by atoms with Crippen molar-refractivity contribution in [3.05, 3.63) is 77.2 Å². The lowest BCUT2D eigenvalue weighted by Crippen LogP contribution is -2.17. The number of hydrogen-bond acceptors (Lipinski definition) is 3. The molecule has 0 aliphatic carbocycles. The molecule has 0 saturated heterocycles. The van der Waals surface area contributed by atoms with Crippen molar-refractivity contribution in [1.82, 2.24) is 15.6 Å². The lowest BCUT2D eigenvalue weighted by molar-refractivity contribution is 0.0950. The van der Waals surface area contributed by atoms with E-state index in [4.69, 9.17) is 0 Å². The monoisotopic (exact) mass is 364 g/mol. The number of carbonyl (C=O) groups excluding carboxylic acids is 1. The third kappa shape index (κ3) is 5.10. The van der Waals surface area contributed by atoms with E-state index in [1.165, 1.54) is 23.9 Å². The zero-order chi connectivity index (χ0) is 19.2. The van der Waals surface area contributed by atoms with Crippen LogP contribution in [0.3, 0.4) is 0 Å². The Kier molecular flexibility index (Phi) is 5.76. The van der Waals surface area contributed by atoms with Crippen LogP contribution in [-0.4, -0.2) is 22.3 Å². The Bertz CT molecular complexity index is 928. The molecular formula is C21H21FN4O. The van der Waals surface area contributed by atoms with Crippen LogP contribution in [0.15, 0.2) is 59.7 Å². The number of rotatable bonds is 6. The number of nitrogens with zero attached hydrogens (tertiary/aromatic N) is 2. The van der Waals surface area contributed by atoms with Gasteiger partial charge < -0.3 is 0 Å². The van der Waals surface area contributed by atoms with Gasteiger partial charge in [-0.25, -0.2) is 9.82 Å². The first-order valence-electron chi connectivity index (χ1n) is 8.75. The highest BCUT2D eigenvalue weighted by Gasteiger charge is 2.10. The summed E-state index contributed by atoms with van der Waals surface area (Å²) >= 11 is 0. The maximum Gasteiger partial charge on any atom is 0.289 e. The Balaban J connectivity index is 1.62. The number of amides is 1. The minimum Gasteiger partial charge on any atom is -0.272 e. The number of aromatic amines is 1. The Morgan fingerprint density at radius 1 is 1.19 bits per heavy atom. The Labute approximate surface area is 157 Å². The number of benzene rings is 2. The summed E-state index contributed by atoms with van der Waals surface area (Å²) in [5.41, 5.74) is 6.33. The highest BCUT2D eigenvalue weighted by atomic mass is 19.1. The number of hydrogen-bond donors (Lipinski definition) is 2. The van der Waals surface area contributed by atoms with Crippen LogP contribution in [0.2, 0.25) is 0 Å². The van der Waals surface area contributed by atoms with Gasteiger partial charge in [0.25, 0.3) is 5.91 Å². The van der Waals surface area contributed by atoms with Gasteiger partial charge in [-0.15, -0.1) is 0 Å². The van der Waals surface area contributed by atoms with Gasteiger partial charge >= 0.3 is 0 Å². The highest BCUT2D eigenvalue weighted by Crippen LogP contribution is 2.19. The fourth-order valence-corrected chi connectivity index (χ4v) is 2.64. The summed E-state index contributed by atoms with van der Waals surface area (Å²) in [6, 6.07) is 15.6. The molecule has 3 rings (SSSR count). The molecule has 0 spiro atoms. The van der Waals surface area contributed by atoms with Crippen LogP contribution >= 0.6 is 0 Å². The van der Waals surface area contributed by atoms with Gasteiger partial charge in [-0.3, -0.25) is 9.89 Å². The molecule has 138 valence electrons. The quantitative estimate of drug-likeness (QED) is 0.509. The molecule has 0 unspecified atom stereocenters. The van der Waals surface area contributed by atoms with E-state index < -0.39 is 5.91 Å². The van der Waals surface area contributed by atoms with Crippen LogP contribution in [0.25, 0.3) is 11.3 Å². The van der Waals surface area contributed by atoms with Crippen LogP contribution in [0.4, 0.5) is 4.39 Å². The van der Waals surface area contributed by atoms with Crippen LogP contribution in [-0.2, 0) is 6.42 Å². The average molecular weight is 364 g/mol. The van der Waals surface area contributed by atoms with E-state index in [2.05, 4.69) is 46.7 Å². The number of carbonyl (C=O) groups is 1.